The summed E-state index contributed by atoms with van der Waals surface area (Å²) < 4.78 is 46.5. The zero-order chi connectivity index (χ0) is 13.9. The Kier molecular flexibility index (Phi) is 5.56. The Morgan fingerprint density at radius 2 is 1.65 bits per heavy atom. The molecule has 0 aromatic carbocycles. The van der Waals surface area contributed by atoms with Crippen LogP contribution in [0.25, 0.3) is 0 Å². The zero-order valence-corrected chi connectivity index (χ0v) is 11.5. The lowest BCUT2D eigenvalue weighted by molar-refractivity contribution is -0.140. The third-order valence-electron chi connectivity index (χ3n) is 1.96. The molecule has 7 nitrogen and oxygen atoms in total. The van der Waals surface area contributed by atoms with Crippen LogP contribution in [0.2, 0.25) is 0 Å². The van der Waals surface area contributed by atoms with Crippen LogP contribution < -0.4 is 4.72 Å². The monoisotopic (exact) mass is 287 g/mol. The van der Waals surface area contributed by atoms with Gasteiger partial charge < -0.3 is 5.11 Å². The minimum atomic E-state index is -3.91. The fraction of sp³-hybridized carbons (Fsp3) is 0.875. The Balaban J connectivity index is 4.69. The van der Waals surface area contributed by atoms with Crippen LogP contribution in [0.4, 0.5) is 0 Å². The van der Waals surface area contributed by atoms with Crippen molar-refractivity contribution in [1.29, 1.82) is 0 Å². The first-order valence-electron chi connectivity index (χ1n) is 4.85. The van der Waals surface area contributed by atoms with E-state index in [0.29, 0.717) is 0 Å². The Bertz CT molecular complexity index is 464. The number of sulfone groups is 1. The van der Waals surface area contributed by atoms with Crippen molar-refractivity contribution in [3.8, 4) is 0 Å². The maximum atomic E-state index is 11.5. The standard InChI is InChI=1S/C8H17NO6S2/c1-6(2)7(8(10)11)9-17(14,15)5-4-16(3,12)13/h6-7,9H,4-5H2,1-3H3,(H,10,11)/t7-/m0/s1. The van der Waals surface area contributed by atoms with Crippen molar-refractivity contribution in [3.63, 3.8) is 0 Å². The average molecular weight is 287 g/mol. The van der Waals surface area contributed by atoms with Crippen molar-refractivity contribution in [1.82, 2.24) is 4.72 Å². The van der Waals surface area contributed by atoms with Gasteiger partial charge in [0.15, 0.2) is 0 Å². The van der Waals surface area contributed by atoms with E-state index >= 15 is 0 Å². The SMILES string of the molecule is CC(C)[C@H](NS(=O)(=O)CCS(C)(=O)=O)C(=O)O. The second-order valence-corrected chi connectivity index (χ2v) is 8.26. The van der Waals surface area contributed by atoms with Crippen LogP contribution in [-0.2, 0) is 24.7 Å². The molecule has 0 fully saturated rings. The van der Waals surface area contributed by atoms with E-state index in [1.807, 2.05) is 4.72 Å². The van der Waals surface area contributed by atoms with Crippen LogP contribution in [-0.4, -0.2) is 51.7 Å². The fourth-order valence-electron chi connectivity index (χ4n) is 0.985. The van der Waals surface area contributed by atoms with E-state index in [2.05, 4.69) is 0 Å². The topological polar surface area (TPSA) is 118 Å². The Morgan fingerprint density at radius 1 is 1.18 bits per heavy atom. The molecule has 0 aliphatic rings. The molecule has 9 heteroatoms. The average Bonchev–Trinajstić information content (AvgIpc) is 2.09. The molecule has 0 rings (SSSR count). The van der Waals surface area contributed by atoms with Gasteiger partial charge >= 0.3 is 5.97 Å². The summed E-state index contributed by atoms with van der Waals surface area (Å²) in [6.45, 7) is 3.11. The van der Waals surface area contributed by atoms with Gasteiger partial charge in [-0.05, 0) is 5.92 Å². The molecule has 0 unspecified atom stereocenters. The summed E-state index contributed by atoms with van der Waals surface area (Å²) in [5.74, 6) is -2.89. The van der Waals surface area contributed by atoms with Crippen LogP contribution in [0, 0.1) is 5.92 Å². The largest absolute Gasteiger partial charge is 0.480 e. The minimum Gasteiger partial charge on any atom is -0.480 e. The lowest BCUT2D eigenvalue weighted by Gasteiger charge is -2.17. The van der Waals surface area contributed by atoms with Crippen molar-refractivity contribution in [2.75, 3.05) is 17.8 Å². The highest BCUT2D eigenvalue weighted by Crippen LogP contribution is 2.04. The molecular weight excluding hydrogens is 270 g/mol. The highest BCUT2D eigenvalue weighted by atomic mass is 32.2. The summed E-state index contributed by atoms with van der Waals surface area (Å²) in [6.07, 6.45) is 0.916. The van der Waals surface area contributed by atoms with Gasteiger partial charge in [-0.1, -0.05) is 13.8 Å². The van der Waals surface area contributed by atoms with Crippen molar-refractivity contribution in [3.05, 3.63) is 0 Å². The second-order valence-electron chi connectivity index (χ2n) is 4.13. The van der Waals surface area contributed by atoms with Gasteiger partial charge in [-0.25, -0.2) is 21.6 Å². The molecule has 0 bridgehead atoms. The van der Waals surface area contributed by atoms with Crippen molar-refractivity contribution in [2.24, 2.45) is 5.92 Å². The quantitative estimate of drug-likeness (QED) is 0.624. The summed E-state index contributed by atoms with van der Waals surface area (Å²) in [7, 11) is -7.31. The second kappa shape index (κ2) is 5.78. The van der Waals surface area contributed by atoms with Crippen LogP contribution >= 0.6 is 0 Å². The molecule has 0 saturated heterocycles. The number of hydrogen-bond acceptors (Lipinski definition) is 5. The van der Waals surface area contributed by atoms with Crippen molar-refractivity contribution >= 4 is 25.8 Å². The molecule has 0 spiro atoms. The summed E-state index contributed by atoms with van der Waals surface area (Å²) in [6, 6.07) is -1.25. The lowest BCUT2D eigenvalue weighted by Crippen LogP contribution is -2.45. The van der Waals surface area contributed by atoms with Gasteiger partial charge in [0, 0.05) is 6.26 Å². The molecular formula is C8H17NO6S2. The van der Waals surface area contributed by atoms with Gasteiger partial charge in [0.1, 0.15) is 15.9 Å². The van der Waals surface area contributed by atoms with E-state index in [9.17, 15) is 21.6 Å². The minimum absolute atomic E-state index is 0.430. The maximum Gasteiger partial charge on any atom is 0.321 e. The number of nitrogens with one attached hydrogen (secondary N) is 1. The molecule has 102 valence electrons. The van der Waals surface area contributed by atoms with Crippen LogP contribution in [0.5, 0.6) is 0 Å². The lowest BCUT2D eigenvalue weighted by atomic mass is 10.1. The maximum absolute atomic E-state index is 11.5. The Labute approximate surface area is 101 Å². The smallest absolute Gasteiger partial charge is 0.321 e. The zero-order valence-electron chi connectivity index (χ0n) is 9.87. The Morgan fingerprint density at radius 3 is 1.94 bits per heavy atom. The van der Waals surface area contributed by atoms with Crippen LogP contribution in [0.15, 0.2) is 0 Å². The van der Waals surface area contributed by atoms with Gasteiger partial charge in [0.2, 0.25) is 10.0 Å². The summed E-state index contributed by atoms with van der Waals surface area (Å²) in [5, 5.41) is 8.79. The van der Waals surface area contributed by atoms with Gasteiger partial charge in [-0.2, -0.15) is 0 Å². The van der Waals surface area contributed by atoms with E-state index in [0.717, 1.165) is 6.26 Å². The number of aliphatic carboxylic acids is 1. The van der Waals surface area contributed by atoms with E-state index in [1.54, 1.807) is 13.8 Å². The number of rotatable bonds is 7. The van der Waals surface area contributed by atoms with Crippen LogP contribution in [0.1, 0.15) is 13.8 Å². The van der Waals surface area contributed by atoms with Gasteiger partial charge in [-0.15, -0.1) is 0 Å². The predicted octanol–water partition coefficient (Wildman–Crippen LogP) is -0.940. The summed E-state index contributed by atoms with van der Waals surface area (Å²) in [4.78, 5) is 10.8. The number of sulfonamides is 1. The molecule has 0 saturated carbocycles. The number of hydrogen-bond donors (Lipinski definition) is 2. The van der Waals surface area contributed by atoms with Gasteiger partial charge in [-0.3, -0.25) is 4.79 Å². The first-order chi connectivity index (χ1) is 7.44. The van der Waals surface area contributed by atoms with E-state index in [1.165, 1.54) is 0 Å². The molecule has 0 radical (unpaired) electrons. The third kappa shape index (κ3) is 7.29. The van der Waals surface area contributed by atoms with E-state index in [-0.39, 0.29) is 0 Å². The highest BCUT2D eigenvalue weighted by molar-refractivity contribution is 7.93. The number of carboxylic acids is 1. The van der Waals surface area contributed by atoms with E-state index < -0.39 is 49.3 Å². The molecule has 1 atom stereocenters. The molecule has 0 aromatic heterocycles. The third-order valence-corrected chi connectivity index (χ3v) is 4.52. The number of carbonyl (C=O) groups is 1. The first kappa shape index (κ1) is 16.3. The van der Waals surface area contributed by atoms with E-state index in [4.69, 9.17) is 5.11 Å². The van der Waals surface area contributed by atoms with Gasteiger partial charge in [0.05, 0.1) is 11.5 Å². The number of carboxylic acid groups (broad SMARTS) is 1. The van der Waals surface area contributed by atoms with Crippen molar-refractivity contribution in [2.45, 2.75) is 19.9 Å². The molecule has 0 heterocycles. The van der Waals surface area contributed by atoms with Crippen molar-refractivity contribution < 1.29 is 26.7 Å². The summed E-state index contributed by atoms with van der Waals surface area (Å²) >= 11 is 0. The highest BCUT2D eigenvalue weighted by Gasteiger charge is 2.27. The summed E-state index contributed by atoms with van der Waals surface area (Å²) in [5.41, 5.74) is 0. The normalized spacial score (nSPS) is 14.8. The predicted molar refractivity (Wildman–Crippen MR) is 62.9 cm³/mol. The molecule has 2 N–H and O–H groups in total. The van der Waals surface area contributed by atoms with Crippen LogP contribution in [0.3, 0.4) is 0 Å². The molecule has 17 heavy (non-hydrogen) atoms. The molecule has 0 amide bonds. The first-order valence-corrected chi connectivity index (χ1v) is 8.56. The molecule has 0 aliphatic carbocycles. The Hall–Kier alpha value is -0.670. The van der Waals surface area contributed by atoms with Gasteiger partial charge in [0.25, 0.3) is 0 Å². The molecule has 0 aliphatic heterocycles. The molecule has 0 aromatic rings. The fourth-order valence-corrected chi connectivity index (χ4v) is 3.95.